The molecule has 5 aromatic rings. The SMILES string of the molecule is Fc1cc(-c2nnc(C(F)F)o2)ccc1Cn1cc(-c2cn3ccccc3n2)nn1. The number of benzene rings is 1. The molecule has 11 heteroatoms. The Bertz CT molecular complexity index is 1310. The molecule has 30 heavy (non-hydrogen) atoms. The molecule has 0 unspecified atom stereocenters. The molecule has 0 saturated carbocycles. The quantitative estimate of drug-likeness (QED) is 0.438. The lowest BCUT2D eigenvalue weighted by Crippen LogP contribution is -2.03. The summed E-state index contributed by atoms with van der Waals surface area (Å²) in [5, 5.41) is 14.9. The van der Waals surface area contributed by atoms with Crippen LogP contribution in [0.1, 0.15) is 17.9 Å². The number of hydrogen-bond donors (Lipinski definition) is 0. The third-order valence-electron chi connectivity index (χ3n) is 4.42. The third-order valence-corrected chi connectivity index (χ3v) is 4.42. The first-order chi connectivity index (χ1) is 14.6. The number of nitrogens with zero attached hydrogens (tertiary/aromatic N) is 7. The first kappa shape index (κ1) is 18.0. The van der Waals surface area contributed by atoms with Gasteiger partial charge in [-0.05, 0) is 24.3 Å². The number of alkyl halides is 2. The van der Waals surface area contributed by atoms with Gasteiger partial charge in [0.05, 0.1) is 12.7 Å². The first-order valence-corrected chi connectivity index (χ1v) is 8.81. The van der Waals surface area contributed by atoms with E-state index in [0.717, 1.165) is 11.7 Å². The van der Waals surface area contributed by atoms with Gasteiger partial charge in [0.2, 0.25) is 5.89 Å². The van der Waals surface area contributed by atoms with E-state index in [0.29, 0.717) is 17.0 Å². The summed E-state index contributed by atoms with van der Waals surface area (Å²) in [6.07, 6.45) is 2.49. The van der Waals surface area contributed by atoms with Gasteiger partial charge in [-0.1, -0.05) is 17.3 Å². The van der Waals surface area contributed by atoms with Gasteiger partial charge in [-0.25, -0.2) is 14.1 Å². The van der Waals surface area contributed by atoms with Gasteiger partial charge in [-0.15, -0.1) is 15.3 Å². The Kier molecular flexibility index (Phi) is 4.27. The maximum Gasteiger partial charge on any atom is 0.314 e. The molecular weight excluding hydrogens is 399 g/mol. The molecule has 0 atom stereocenters. The van der Waals surface area contributed by atoms with E-state index in [1.807, 2.05) is 35.0 Å². The van der Waals surface area contributed by atoms with Crippen molar-refractivity contribution in [2.45, 2.75) is 13.0 Å². The predicted octanol–water partition coefficient (Wildman–Crippen LogP) is 3.77. The molecule has 0 aliphatic carbocycles. The minimum Gasteiger partial charge on any atom is -0.415 e. The Morgan fingerprint density at radius 2 is 1.90 bits per heavy atom. The van der Waals surface area contributed by atoms with Crippen molar-refractivity contribution in [1.29, 1.82) is 0 Å². The molecule has 5 rings (SSSR count). The second-order valence-electron chi connectivity index (χ2n) is 6.45. The number of fused-ring (bicyclic) bond motifs is 1. The summed E-state index contributed by atoms with van der Waals surface area (Å²) in [5.74, 6) is -1.55. The average Bonchev–Trinajstić information content (AvgIpc) is 3.48. The fourth-order valence-corrected chi connectivity index (χ4v) is 2.97. The van der Waals surface area contributed by atoms with Gasteiger partial charge in [-0.3, -0.25) is 0 Å². The molecule has 4 heterocycles. The molecule has 0 amide bonds. The smallest absolute Gasteiger partial charge is 0.314 e. The van der Waals surface area contributed by atoms with Crippen molar-refractivity contribution in [2.75, 3.05) is 0 Å². The highest BCUT2D eigenvalue weighted by atomic mass is 19.3. The predicted molar refractivity (Wildman–Crippen MR) is 98.0 cm³/mol. The Morgan fingerprint density at radius 3 is 2.67 bits per heavy atom. The summed E-state index contributed by atoms with van der Waals surface area (Å²) in [7, 11) is 0. The van der Waals surface area contributed by atoms with Crippen LogP contribution in [-0.2, 0) is 6.54 Å². The van der Waals surface area contributed by atoms with Gasteiger partial charge in [0, 0.05) is 23.5 Å². The molecule has 1 aromatic carbocycles. The number of halogens is 3. The number of rotatable bonds is 5. The Labute approximate surface area is 166 Å². The molecule has 0 bridgehead atoms. The maximum absolute atomic E-state index is 14.5. The molecule has 0 saturated heterocycles. The minimum atomic E-state index is -2.88. The van der Waals surface area contributed by atoms with Crippen molar-refractivity contribution in [3.8, 4) is 22.8 Å². The standard InChI is InChI=1S/C19H12F3N7O/c20-13-7-11(18-25-26-19(30-18)17(21)22)4-5-12(13)8-29-10-15(24-27-29)14-9-28-6-2-1-3-16(28)23-14/h1-7,9-10,17H,8H2. The van der Waals surface area contributed by atoms with Gasteiger partial charge >= 0.3 is 6.43 Å². The molecule has 8 nitrogen and oxygen atoms in total. The van der Waals surface area contributed by atoms with Gasteiger partial charge in [0.1, 0.15) is 22.9 Å². The van der Waals surface area contributed by atoms with Gasteiger partial charge < -0.3 is 8.82 Å². The Hall–Kier alpha value is -4.02. The summed E-state index contributed by atoms with van der Waals surface area (Å²) in [4.78, 5) is 4.48. The average molecular weight is 411 g/mol. The molecule has 0 spiro atoms. The first-order valence-electron chi connectivity index (χ1n) is 8.81. The monoisotopic (exact) mass is 411 g/mol. The molecule has 150 valence electrons. The normalized spacial score (nSPS) is 11.6. The van der Waals surface area contributed by atoms with E-state index in [1.54, 1.807) is 6.20 Å². The van der Waals surface area contributed by atoms with Crippen molar-refractivity contribution in [3.05, 3.63) is 72.3 Å². The molecule has 0 aliphatic heterocycles. The number of aromatic nitrogens is 7. The molecule has 0 N–H and O–H groups in total. The van der Waals surface area contributed by atoms with Crippen molar-refractivity contribution in [2.24, 2.45) is 0 Å². The van der Waals surface area contributed by atoms with E-state index in [9.17, 15) is 13.2 Å². The summed E-state index contributed by atoms with van der Waals surface area (Å²) in [5.41, 5.74) is 2.52. The highest BCUT2D eigenvalue weighted by molar-refractivity contribution is 5.57. The van der Waals surface area contributed by atoms with Crippen LogP contribution in [-0.4, -0.2) is 34.6 Å². The van der Waals surface area contributed by atoms with Crippen LogP contribution in [0.15, 0.2) is 59.4 Å². The lowest BCUT2D eigenvalue weighted by Gasteiger charge is -2.04. The molecular formula is C19H12F3N7O. The zero-order valence-corrected chi connectivity index (χ0v) is 15.2. The second-order valence-corrected chi connectivity index (χ2v) is 6.45. The number of hydrogen-bond acceptors (Lipinski definition) is 6. The summed E-state index contributed by atoms with van der Waals surface area (Å²) in [6, 6.07) is 9.82. The van der Waals surface area contributed by atoms with Crippen LogP contribution in [0.3, 0.4) is 0 Å². The van der Waals surface area contributed by atoms with E-state index < -0.39 is 18.1 Å². The largest absolute Gasteiger partial charge is 0.415 e. The number of imidazole rings is 1. The van der Waals surface area contributed by atoms with Gasteiger partial charge in [-0.2, -0.15) is 8.78 Å². The van der Waals surface area contributed by atoms with E-state index in [2.05, 4.69) is 25.5 Å². The van der Waals surface area contributed by atoms with Crippen LogP contribution in [0.5, 0.6) is 0 Å². The van der Waals surface area contributed by atoms with Crippen molar-refractivity contribution in [1.82, 2.24) is 34.6 Å². The van der Waals surface area contributed by atoms with E-state index >= 15 is 0 Å². The molecule has 0 radical (unpaired) electrons. The van der Waals surface area contributed by atoms with Crippen LogP contribution in [0.25, 0.3) is 28.5 Å². The summed E-state index contributed by atoms with van der Waals surface area (Å²) < 4.78 is 47.9. The van der Waals surface area contributed by atoms with Crippen molar-refractivity contribution < 1.29 is 17.6 Å². The van der Waals surface area contributed by atoms with Crippen LogP contribution < -0.4 is 0 Å². The lowest BCUT2D eigenvalue weighted by atomic mass is 10.1. The van der Waals surface area contributed by atoms with Crippen molar-refractivity contribution >= 4 is 5.65 Å². The maximum atomic E-state index is 14.5. The fraction of sp³-hybridized carbons (Fsp3) is 0.105. The molecule has 4 aromatic heterocycles. The Balaban J connectivity index is 1.37. The molecule has 0 fully saturated rings. The lowest BCUT2D eigenvalue weighted by molar-refractivity contribution is 0.116. The highest BCUT2D eigenvalue weighted by Crippen LogP contribution is 2.25. The van der Waals surface area contributed by atoms with E-state index in [4.69, 9.17) is 4.42 Å². The van der Waals surface area contributed by atoms with Gasteiger partial charge in [0.15, 0.2) is 0 Å². The van der Waals surface area contributed by atoms with Crippen LogP contribution >= 0.6 is 0 Å². The van der Waals surface area contributed by atoms with Crippen LogP contribution in [0.4, 0.5) is 13.2 Å². The minimum absolute atomic E-state index is 0.124. The fourth-order valence-electron chi connectivity index (χ4n) is 2.97. The summed E-state index contributed by atoms with van der Waals surface area (Å²) >= 11 is 0. The van der Waals surface area contributed by atoms with Crippen molar-refractivity contribution in [3.63, 3.8) is 0 Å². The second kappa shape index (κ2) is 7.10. The van der Waals surface area contributed by atoms with E-state index in [1.165, 1.54) is 16.8 Å². The highest BCUT2D eigenvalue weighted by Gasteiger charge is 2.18. The zero-order chi connectivity index (χ0) is 20.7. The van der Waals surface area contributed by atoms with Crippen LogP contribution in [0, 0.1) is 5.82 Å². The van der Waals surface area contributed by atoms with Gasteiger partial charge in [0.25, 0.3) is 5.89 Å². The molecule has 0 aliphatic rings. The van der Waals surface area contributed by atoms with Crippen LogP contribution in [0.2, 0.25) is 0 Å². The third kappa shape index (κ3) is 3.30. The topological polar surface area (TPSA) is 86.9 Å². The Morgan fingerprint density at radius 1 is 1.00 bits per heavy atom. The zero-order valence-electron chi connectivity index (χ0n) is 15.2. The number of pyridine rings is 1. The summed E-state index contributed by atoms with van der Waals surface area (Å²) in [6.45, 7) is 0.124. The van der Waals surface area contributed by atoms with E-state index in [-0.39, 0.29) is 18.0 Å².